The van der Waals surface area contributed by atoms with Crippen LogP contribution in [-0.4, -0.2) is 56.1 Å². The quantitative estimate of drug-likeness (QED) is 0.604. The number of carbonyl (C=O) groups is 1. The van der Waals surface area contributed by atoms with Gasteiger partial charge < -0.3 is 9.80 Å². The number of nitrogens with zero attached hydrogens (tertiary/aromatic N) is 3. The minimum atomic E-state index is -3.44. The van der Waals surface area contributed by atoms with Gasteiger partial charge in [0.25, 0.3) is 0 Å². The van der Waals surface area contributed by atoms with E-state index in [-0.39, 0.29) is 23.0 Å². The Balaban J connectivity index is 1.34. The van der Waals surface area contributed by atoms with Crippen molar-refractivity contribution in [3.63, 3.8) is 0 Å². The molecule has 1 fully saturated rings. The molecule has 2 aromatic carbocycles. The summed E-state index contributed by atoms with van der Waals surface area (Å²) in [6.45, 7) is 6.77. The summed E-state index contributed by atoms with van der Waals surface area (Å²) in [7, 11) is -3.44. The van der Waals surface area contributed by atoms with Gasteiger partial charge in [-0.25, -0.2) is 13.4 Å². The van der Waals surface area contributed by atoms with Crippen molar-refractivity contribution in [3.05, 3.63) is 53.6 Å². The summed E-state index contributed by atoms with van der Waals surface area (Å²) in [6, 6.07) is 12.6. The van der Waals surface area contributed by atoms with E-state index in [9.17, 15) is 13.2 Å². The van der Waals surface area contributed by atoms with Crippen molar-refractivity contribution in [1.82, 2.24) is 9.88 Å². The highest BCUT2D eigenvalue weighted by Crippen LogP contribution is 2.31. The van der Waals surface area contributed by atoms with Gasteiger partial charge in [0.05, 0.1) is 20.9 Å². The van der Waals surface area contributed by atoms with Crippen molar-refractivity contribution in [2.75, 3.05) is 36.8 Å². The normalized spacial score (nSPS) is 15.0. The largest absolute Gasteiger partial charge is 0.345 e. The number of thiazole rings is 1. The maximum absolute atomic E-state index is 12.6. The second kappa shape index (κ2) is 8.35. The molecule has 2 heterocycles. The molecule has 1 aromatic heterocycles. The molecule has 8 heteroatoms. The van der Waals surface area contributed by atoms with E-state index in [2.05, 4.69) is 30.9 Å². The number of piperazine rings is 1. The van der Waals surface area contributed by atoms with Crippen LogP contribution in [0.3, 0.4) is 0 Å². The lowest BCUT2D eigenvalue weighted by Gasteiger charge is -2.34. The van der Waals surface area contributed by atoms with Gasteiger partial charge in [0.15, 0.2) is 15.0 Å². The van der Waals surface area contributed by atoms with Crippen LogP contribution >= 0.6 is 11.3 Å². The van der Waals surface area contributed by atoms with E-state index in [0.717, 1.165) is 10.6 Å². The van der Waals surface area contributed by atoms with Gasteiger partial charge >= 0.3 is 0 Å². The van der Waals surface area contributed by atoms with Crippen molar-refractivity contribution in [1.29, 1.82) is 0 Å². The number of anilines is 1. The predicted molar refractivity (Wildman–Crippen MR) is 121 cm³/mol. The molecular formula is C22H25N3O3S2. The number of hydrogen-bond donors (Lipinski definition) is 0. The Bertz CT molecular complexity index is 1130. The highest BCUT2D eigenvalue weighted by molar-refractivity contribution is 7.91. The summed E-state index contributed by atoms with van der Waals surface area (Å²) in [4.78, 5) is 21.6. The minimum absolute atomic E-state index is 0.0108. The Morgan fingerprint density at radius 2 is 1.70 bits per heavy atom. The highest BCUT2D eigenvalue weighted by atomic mass is 32.2. The molecule has 0 radical (unpaired) electrons. The van der Waals surface area contributed by atoms with Crippen LogP contribution in [0.2, 0.25) is 0 Å². The van der Waals surface area contributed by atoms with Gasteiger partial charge in [0.2, 0.25) is 5.91 Å². The third-order valence-corrected chi connectivity index (χ3v) is 8.39. The van der Waals surface area contributed by atoms with Crippen LogP contribution < -0.4 is 4.90 Å². The Hall–Kier alpha value is -2.45. The third-order valence-electron chi connectivity index (χ3n) is 5.58. The molecule has 158 valence electrons. The van der Waals surface area contributed by atoms with E-state index in [1.165, 1.54) is 15.8 Å². The van der Waals surface area contributed by atoms with Gasteiger partial charge in [0.1, 0.15) is 0 Å². The molecule has 0 saturated carbocycles. The fraction of sp³-hybridized carbons (Fsp3) is 0.364. The Labute approximate surface area is 181 Å². The van der Waals surface area contributed by atoms with E-state index >= 15 is 0 Å². The van der Waals surface area contributed by atoms with Crippen molar-refractivity contribution < 1.29 is 13.2 Å². The topological polar surface area (TPSA) is 70.6 Å². The van der Waals surface area contributed by atoms with Crippen molar-refractivity contribution in [3.8, 4) is 0 Å². The molecule has 1 amide bonds. The molecule has 4 rings (SSSR count). The van der Waals surface area contributed by atoms with Gasteiger partial charge in [0, 0.05) is 32.6 Å². The zero-order chi connectivity index (χ0) is 21.3. The first-order valence-electron chi connectivity index (χ1n) is 10.0. The van der Waals surface area contributed by atoms with Crippen LogP contribution in [0.5, 0.6) is 0 Å². The molecule has 1 aliphatic heterocycles. The molecule has 0 aliphatic carbocycles. The first-order valence-corrected chi connectivity index (χ1v) is 12.5. The average Bonchev–Trinajstić information content (AvgIpc) is 3.16. The summed E-state index contributed by atoms with van der Waals surface area (Å²) in [5, 5.41) is 0.980. The number of hydrogen-bond acceptors (Lipinski definition) is 6. The number of aryl methyl sites for hydroxylation is 2. The number of aromatic nitrogens is 1. The highest BCUT2D eigenvalue weighted by Gasteiger charge is 2.25. The van der Waals surface area contributed by atoms with Crippen molar-refractivity contribution >= 4 is 42.4 Å². The standard InChI is InChI=1S/C22H25N3O3S2/c1-16-14-19-20(15-17(16)2)29-22(23-19)25-11-9-24(10-12-25)21(26)8-13-30(27,28)18-6-4-3-5-7-18/h3-7,14-15H,8-13H2,1-2H3. The molecule has 0 unspecified atom stereocenters. The van der Waals surface area contributed by atoms with Crippen LogP contribution in [0.15, 0.2) is 47.4 Å². The Morgan fingerprint density at radius 1 is 1.03 bits per heavy atom. The summed E-state index contributed by atoms with van der Waals surface area (Å²) in [6.07, 6.45) is 0.0108. The van der Waals surface area contributed by atoms with Crippen molar-refractivity contribution in [2.24, 2.45) is 0 Å². The molecule has 30 heavy (non-hydrogen) atoms. The first kappa shape index (κ1) is 20.8. The van der Waals surface area contributed by atoms with Crippen LogP contribution in [0.1, 0.15) is 17.5 Å². The predicted octanol–water partition coefficient (Wildman–Crippen LogP) is 3.43. The number of rotatable bonds is 5. The molecule has 1 saturated heterocycles. The second-order valence-electron chi connectivity index (χ2n) is 7.65. The maximum atomic E-state index is 12.6. The Morgan fingerprint density at radius 3 is 2.40 bits per heavy atom. The molecule has 3 aromatic rings. The van der Waals surface area contributed by atoms with Crippen LogP contribution in [0, 0.1) is 13.8 Å². The SMILES string of the molecule is Cc1cc2nc(N3CCN(C(=O)CCS(=O)(=O)c4ccccc4)CC3)sc2cc1C. The lowest BCUT2D eigenvalue weighted by molar-refractivity contribution is -0.131. The van der Waals surface area contributed by atoms with Gasteiger partial charge in [-0.15, -0.1) is 0 Å². The molecule has 0 N–H and O–H groups in total. The van der Waals surface area contributed by atoms with E-state index < -0.39 is 9.84 Å². The number of carbonyl (C=O) groups excluding carboxylic acids is 1. The van der Waals surface area contributed by atoms with Gasteiger partial charge in [-0.05, 0) is 49.2 Å². The van der Waals surface area contributed by atoms with Crippen LogP contribution in [0.25, 0.3) is 10.2 Å². The summed E-state index contributed by atoms with van der Waals surface area (Å²) >= 11 is 1.68. The second-order valence-corrected chi connectivity index (χ2v) is 10.8. The van der Waals surface area contributed by atoms with Crippen LogP contribution in [-0.2, 0) is 14.6 Å². The van der Waals surface area contributed by atoms with E-state index in [1.807, 2.05) is 0 Å². The smallest absolute Gasteiger partial charge is 0.223 e. The van der Waals surface area contributed by atoms with Gasteiger partial charge in [-0.1, -0.05) is 29.5 Å². The lowest BCUT2D eigenvalue weighted by Crippen LogP contribution is -2.49. The van der Waals surface area contributed by atoms with E-state index in [0.29, 0.717) is 26.2 Å². The van der Waals surface area contributed by atoms with Gasteiger partial charge in [-0.2, -0.15) is 0 Å². The lowest BCUT2D eigenvalue weighted by atomic mass is 10.1. The van der Waals surface area contributed by atoms with E-state index in [4.69, 9.17) is 4.98 Å². The molecule has 0 spiro atoms. The number of amides is 1. The fourth-order valence-electron chi connectivity index (χ4n) is 3.58. The maximum Gasteiger partial charge on any atom is 0.223 e. The summed E-state index contributed by atoms with van der Waals surface area (Å²) < 4.78 is 26.0. The zero-order valence-electron chi connectivity index (χ0n) is 17.2. The number of benzene rings is 2. The van der Waals surface area contributed by atoms with Crippen LogP contribution in [0.4, 0.5) is 5.13 Å². The molecular weight excluding hydrogens is 418 g/mol. The fourth-order valence-corrected chi connectivity index (χ4v) is 5.92. The van der Waals surface area contributed by atoms with Crippen molar-refractivity contribution in [2.45, 2.75) is 25.2 Å². The summed E-state index contributed by atoms with van der Waals surface area (Å²) in [5.74, 6) is -0.267. The first-order chi connectivity index (χ1) is 14.3. The molecule has 1 aliphatic rings. The third kappa shape index (κ3) is 4.34. The van der Waals surface area contributed by atoms with Gasteiger partial charge in [-0.3, -0.25) is 4.79 Å². The number of fused-ring (bicyclic) bond motifs is 1. The van der Waals surface area contributed by atoms with E-state index in [1.54, 1.807) is 46.6 Å². The molecule has 0 bridgehead atoms. The molecule has 0 atom stereocenters. The minimum Gasteiger partial charge on any atom is -0.345 e. The zero-order valence-corrected chi connectivity index (χ0v) is 18.8. The average molecular weight is 444 g/mol. The Kier molecular flexibility index (Phi) is 5.79. The summed E-state index contributed by atoms with van der Waals surface area (Å²) in [5.41, 5.74) is 3.52. The molecule has 6 nitrogen and oxygen atoms in total. The number of sulfone groups is 1. The monoisotopic (exact) mass is 443 g/mol.